The van der Waals surface area contributed by atoms with Gasteiger partial charge < -0.3 is 24.4 Å². The Labute approximate surface area is 166 Å². The average Bonchev–Trinajstić information content (AvgIpc) is 2.71. The largest absolute Gasteiger partial charge is 0.493 e. The van der Waals surface area contributed by atoms with Crippen LogP contribution in [-0.4, -0.2) is 83.3 Å². The fourth-order valence-corrected chi connectivity index (χ4v) is 4.14. The molecule has 158 valence electrons. The van der Waals surface area contributed by atoms with E-state index in [1.807, 2.05) is 0 Å². The van der Waals surface area contributed by atoms with E-state index in [4.69, 9.17) is 14.2 Å². The minimum atomic E-state index is -3.14. The van der Waals surface area contributed by atoms with Crippen molar-refractivity contribution in [2.45, 2.75) is 13.3 Å². The number of nitrogens with zero attached hydrogens (tertiary/aromatic N) is 2. The minimum absolute atomic E-state index is 0.115. The highest BCUT2D eigenvalue weighted by molar-refractivity contribution is 7.89. The van der Waals surface area contributed by atoms with Crippen LogP contribution in [-0.2, 0) is 14.8 Å². The van der Waals surface area contributed by atoms with Gasteiger partial charge in [-0.2, -0.15) is 4.31 Å². The van der Waals surface area contributed by atoms with Gasteiger partial charge in [0.15, 0.2) is 11.5 Å². The van der Waals surface area contributed by atoms with Gasteiger partial charge in [-0.3, -0.25) is 4.79 Å². The Bertz CT molecular complexity index is 751. The van der Waals surface area contributed by atoms with Crippen LogP contribution in [0.1, 0.15) is 13.3 Å². The molecule has 0 radical (unpaired) electrons. The third kappa shape index (κ3) is 5.49. The molecular weight excluding hydrogens is 386 g/mol. The minimum Gasteiger partial charge on any atom is -0.493 e. The zero-order chi connectivity index (χ0) is 20.7. The number of anilines is 1. The van der Waals surface area contributed by atoms with Gasteiger partial charge in [0.25, 0.3) is 0 Å². The Kier molecular flexibility index (Phi) is 7.90. The van der Waals surface area contributed by atoms with Crippen molar-refractivity contribution in [1.29, 1.82) is 0 Å². The molecule has 2 rings (SSSR count). The molecule has 0 atom stereocenters. The summed E-state index contributed by atoms with van der Waals surface area (Å²) in [5.41, 5.74) is 0.554. The Hall–Kier alpha value is -2.04. The molecule has 1 N–H and O–H groups in total. The average molecular weight is 416 g/mol. The molecule has 0 aliphatic carbocycles. The van der Waals surface area contributed by atoms with Gasteiger partial charge in [0.1, 0.15) is 0 Å². The normalized spacial score (nSPS) is 15.9. The predicted molar refractivity (Wildman–Crippen MR) is 107 cm³/mol. The second-order valence-corrected chi connectivity index (χ2v) is 8.61. The molecule has 1 fully saturated rings. The van der Waals surface area contributed by atoms with Crippen LogP contribution in [0, 0.1) is 0 Å². The molecule has 9 nitrogen and oxygen atoms in total. The topological polar surface area (TPSA) is 97.4 Å². The van der Waals surface area contributed by atoms with Crippen LogP contribution in [0.15, 0.2) is 12.1 Å². The van der Waals surface area contributed by atoms with E-state index >= 15 is 0 Å². The van der Waals surface area contributed by atoms with Crippen molar-refractivity contribution in [3.63, 3.8) is 0 Å². The van der Waals surface area contributed by atoms with E-state index in [0.29, 0.717) is 62.1 Å². The van der Waals surface area contributed by atoms with Crippen LogP contribution in [0.4, 0.5) is 5.69 Å². The molecule has 10 heteroatoms. The van der Waals surface area contributed by atoms with E-state index in [1.54, 1.807) is 19.1 Å². The van der Waals surface area contributed by atoms with E-state index in [9.17, 15) is 13.2 Å². The van der Waals surface area contributed by atoms with Gasteiger partial charge in [-0.15, -0.1) is 0 Å². The van der Waals surface area contributed by atoms with Gasteiger partial charge in [-0.05, 0) is 6.92 Å². The van der Waals surface area contributed by atoms with Gasteiger partial charge in [-0.1, -0.05) is 0 Å². The Morgan fingerprint density at radius 3 is 2.07 bits per heavy atom. The summed E-state index contributed by atoms with van der Waals surface area (Å²) in [5.74, 6) is 1.36. The highest BCUT2D eigenvalue weighted by atomic mass is 32.2. The molecule has 1 aromatic carbocycles. The lowest BCUT2D eigenvalue weighted by Crippen LogP contribution is -2.49. The highest BCUT2D eigenvalue weighted by Gasteiger charge is 2.25. The summed E-state index contributed by atoms with van der Waals surface area (Å²) in [5, 5.41) is 2.84. The van der Waals surface area contributed by atoms with Crippen LogP contribution in [0.2, 0.25) is 0 Å². The zero-order valence-electron chi connectivity index (χ0n) is 16.9. The zero-order valence-corrected chi connectivity index (χ0v) is 17.7. The fraction of sp³-hybridized carbons (Fsp3) is 0.611. The molecule has 1 amide bonds. The molecule has 28 heavy (non-hydrogen) atoms. The van der Waals surface area contributed by atoms with Gasteiger partial charge in [0.2, 0.25) is 21.7 Å². The summed E-state index contributed by atoms with van der Waals surface area (Å²) in [7, 11) is 1.41. The number of hydrogen-bond donors (Lipinski definition) is 1. The first-order valence-corrected chi connectivity index (χ1v) is 10.8. The van der Waals surface area contributed by atoms with Crippen molar-refractivity contribution in [2.24, 2.45) is 0 Å². The maximum absolute atomic E-state index is 12.3. The number of carbonyl (C=O) groups is 1. The van der Waals surface area contributed by atoms with E-state index in [-0.39, 0.29) is 11.7 Å². The standard InChI is InChI=1S/C18H29N3O6S/c1-5-28(23,24)21-10-8-20(9-11-21)7-6-17(22)19-14-12-15(25-2)18(27-4)16(13-14)26-3/h12-13H,5-11H2,1-4H3,(H,19,22). The number of piperazine rings is 1. The van der Waals surface area contributed by atoms with E-state index < -0.39 is 10.0 Å². The van der Waals surface area contributed by atoms with Crippen LogP contribution < -0.4 is 19.5 Å². The maximum Gasteiger partial charge on any atom is 0.225 e. The third-order valence-corrected chi connectivity index (χ3v) is 6.57. The molecular formula is C18H29N3O6S. The van der Waals surface area contributed by atoms with Gasteiger partial charge >= 0.3 is 0 Å². The molecule has 1 heterocycles. The van der Waals surface area contributed by atoms with Crippen molar-refractivity contribution in [3.8, 4) is 17.2 Å². The van der Waals surface area contributed by atoms with E-state index in [2.05, 4.69) is 10.2 Å². The van der Waals surface area contributed by atoms with Crippen molar-refractivity contribution >= 4 is 21.6 Å². The third-order valence-electron chi connectivity index (χ3n) is 4.69. The molecule has 0 unspecified atom stereocenters. The second-order valence-electron chi connectivity index (χ2n) is 6.35. The number of ether oxygens (including phenoxy) is 3. The summed E-state index contributed by atoms with van der Waals surface area (Å²) >= 11 is 0. The first-order chi connectivity index (χ1) is 13.3. The molecule has 0 saturated carbocycles. The lowest BCUT2D eigenvalue weighted by molar-refractivity contribution is -0.116. The summed E-state index contributed by atoms with van der Waals surface area (Å²) < 4.78 is 41.1. The van der Waals surface area contributed by atoms with E-state index in [0.717, 1.165) is 0 Å². The number of sulfonamides is 1. The second kappa shape index (κ2) is 9.94. The number of nitrogens with one attached hydrogen (secondary N) is 1. The van der Waals surface area contributed by atoms with Crippen LogP contribution >= 0.6 is 0 Å². The van der Waals surface area contributed by atoms with Crippen molar-refractivity contribution < 1.29 is 27.4 Å². The lowest BCUT2D eigenvalue weighted by Gasteiger charge is -2.33. The first-order valence-electron chi connectivity index (χ1n) is 9.14. The number of hydrogen-bond acceptors (Lipinski definition) is 7. The Morgan fingerprint density at radius 1 is 1.04 bits per heavy atom. The lowest BCUT2D eigenvalue weighted by atomic mass is 10.2. The molecule has 1 aliphatic heterocycles. The molecule has 0 aromatic heterocycles. The fourth-order valence-electron chi connectivity index (χ4n) is 3.05. The smallest absolute Gasteiger partial charge is 0.225 e. The van der Waals surface area contributed by atoms with Gasteiger partial charge in [0, 0.05) is 57.0 Å². The summed E-state index contributed by atoms with van der Waals surface area (Å²) in [6, 6.07) is 3.35. The quantitative estimate of drug-likeness (QED) is 0.643. The molecule has 0 spiro atoms. The molecule has 1 aliphatic rings. The molecule has 1 aromatic rings. The van der Waals surface area contributed by atoms with Gasteiger partial charge in [0.05, 0.1) is 27.1 Å². The van der Waals surface area contributed by atoms with Crippen molar-refractivity contribution in [2.75, 3.05) is 65.1 Å². The van der Waals surface area contributed by atoms with Crippen LogP contribution in [0.3, 0.4) is 0 Å². The SMILES string of the molecule is CCS(=O)(=O)N1CCN(CCC(=O)Nc2cc(OC)c(OC)c(OC)c2)CC1. The Balaban J connectivity index is 1.88. The van der Waals surface area contributed by atoms with Crippen molar-refractivity contribution in [1.82, 2.24) is 9.21 Å². The number of methoxy groups -OCH3 is 3. The predicted octanol–water partition coefficient (Wildman–Crippen LogP) is 1.01. The molecule has 0 bridgehead atoms. The summed E-state index contributed by atoms with van der Waals surface area (Å²) in [4.78, 5) is 14.4. The summed E-state index contributed by atoms with van der Waals surface area (Å²) in [6.45, 7) is 4.38. The summed E-state index contributed by atoms with van der Waals surface area (Å²) in [6.07, 6.45) is 0.303. The van der Waals surface area contributed by atoms with Gasteiger partial charge in [-0.25, -0.2) is 8.42 Å². The Morgan fingerprint density at radius 2 is 1.61 bits per heavy atom. The van der Waals surface area contributed by atoms with Crippen LogP contribution in [0.25, 0.3) is 0 Å². The van der Waals surface area contributed by atoms with Crippen LogP contribution in [0.5, 0.6) is 17.2 Å². The number of carbonyl (C=O) groups excluding carboxylic acids is 1. The number of benzene rings is 1. The van der Waals surface area contributed by atoms with E-state index in [1.165, 1.54) is 25.6 Å². The molecule has 1 saturated heterocycles. The maximum atomic E-state index is 12.3. The number of amides is 1. The number of rotatable bonds is 9. The first kappa shape index (κ1) is 22.3. The van der Waals surface area contributed by atoms with Crippen molar-refractivity contribution in [3.05, 3.63) is 12.1 Å². The highest BCUT2D eigenvalue weighted by Crippen LogP contribution is 2.39. The monoisotopic (exact) mass is 415 g/mol.